The fraction of sp³-hybridized carbons (Fsp3) is 0.812. The number of rotatable bonds is 5. The first-order chi connectivity index (χ1) is 11.3. The molecule has 1 aliphatic carbocycles. The Labute approximate surface area is 148 Å². The van der Waals surface area contributed by atoms with E-state index in [0.717, 1.165) is 51.9 Å². The van der Waals surface area contributed by atoms with Crippen molar-refractivity contribution in [3.8, 4) is 0 Å². The predicted molar refractivity (Wildman–Crippen MR) is 91.2 cm³/mol. The molecule has 3 fully saturated rings. The van der Waals surface area contributed by atoms with E-state index in [0.29, 0.717) is 17.9 Å². The summed E-state index contributed by atoms with van der Waals surface area (Å²) in [5.74, 6) is 1.28. The van der Waals surface area contributed by atoms with Crippen molar-refractivity contribution in [3.63, 3.8) is 0 Å². The average Bonchev–Trinajstić information content (AvgIpc) is 3.07. The van der Waals surface area contributed by atoms with Gasteiger partial charge in [0, 0.05) is 12.6 Å². The van der Waals surface area contributed by atoms with Gasteiger partial charge in [0.2, 0.25) is 5.89 Å². The highest BCUT2D eigenvalue weighted by Crippen LogP contribution is 2.32. The number of carbonyl (C=O) groups is 1. The average molecular weight is 356 g/mol. The van der Waals surface area contributed by atoms with Crippen molar-refractivity contribution < 1.29 is 9.32 Å². The number of nitrogens with one attached hydrogen (secondary N) is 2. The SMILES string of the molecule is Cl.O=C(NC1CC1)c1noc(C2CCCN2CC2CCCNC2)n1. The summed E-state index contributed by atoms with van der Waals surface area (Å²) in [5, 5.41) is 10.3. The van der Waals surface area contributed by atoms with Crippen LogP contribution in [-0.2, 0) is 0 Å². The number of amides is 1. The molecule has 2 unspecified atom stereocenters. The summed E-state index contributed by atoms with van der Waals surface area (Å²) >= 11 is 0. The largest absolute Gasteiger partial charge is 0.346 e. The van der Waals surface area contributed by atoms with E-state index in [1.807, 2.05) is 0 Å². The zero-order valence-electron chi connectivity index (χ0n) is 13.9. The topological polar surface area (TPSA) is 83.3 Å². The molecule has 2 atom stereocenters. The Morgan fingerprint density at radius 3 is 2.92 bits per heavy atom. The zero-order chi connectivity index (χ0) is 15.6. The number of hydrogen-bond donors (Lipinski definition) is 2. The van der Waals surface area contributed by atoms with Crippen LogP contribution in [0.3, 0.4) is 0 Å². The fourth-order valence-corrected chi connectivity index (χ4v) is 3.68. The molecule has 24 heavy (non-hydrogen) atoms. The number of piperidine rings is 1. The third kappa shape index (κ3) is 4.07. The van der Waals surface area contributed by atoms with Crippen LogP contribution in [0, 0.1) is 5.92 Å². The molecule has 1 saturated carbocycles. The van der Waals surface area contributed by atoms with Gasteiger partial charge in [-0.05, 0) is 64.1 Å². The number of aromatic nitrogens is 2. The van der Waals surface area contributed by atoms with E-state index < -0.39 is 0 Å². The summed E-state index contributed by atoms with van der Waals surface area (Å²) in [5.41, 5.74) is 0. The molecule has 2 saturated heterocycles. The van der Waals surface area contributed by atoms with Gasteiger partial charge >= 0.3 is 0 Å². The lowest BCUT2D eigenvalue weighted by Crippen LogP contribution is -2.38. The molecular formula is C16H26ClN5O2. The van der Waals surface area contributed by atoms with E-state index in [4.69, 9.17) is 4.52 Å². The van der Waals surface area contributed by atoms with Gasteiger partial charge in [-0.3, -0.25) is 9.69 Å². The van der Waals surface area contributed by atoms with E-state index >= 15 is 0 Å². The predicted octanol–water partition coefficient (Wildman–Crippen LogP) is 1.52. The highest BCUT2D eigenvalue weighted by atomic mass is 35.5. The molecule has 1 aromatic rings. The molecule has 8 heteroatoms. The van der Waals surface area contributed by atoms with Gasteiger partial charge in [0.15, 0.2) is 0 Å². The number of hydrogen-bond acceptors (Lipinski definition) is 6. The first-order valence-corrected chi connectivity index (χ1v) is 8.89. The first-order valence-electron chi connectivity index (χ1n) is 8.89. The molecule has 2 N–H and O–H groups in total. The summed E-state index contributed by atoms with van der Waals surface area (Å²) in [4.78, 5) is 18.8. The molecule has 0 aromatic carbocycles. The summed E-state index contributed by atoms with van der Waals surface area (Å²) in [6, 6.07) is 0.484. The molecule has 1 aromatic heterocycles. The van der Waals surface area contributed by atoms with Crippen LogP contribution in [0.4, 0.5) is 0 Å². The Hall–Kier alpha value is -1.18. The third-order valence-corrected chi connectivity index (χ3v) is 5.10. The highest BCUT2D eigenvalue weighted by molar-refractivity contribution is 5.90. The van der Waals surface area contributed by atoms with E-state index in [2.05, 4.69) is 25.7 Å². The van der Waals surface area contributed by atoms with Gasteiger partial charge in [0.25, 0.3) is 11.7 Å². The van der Waals surface area contributed by atoms with E-state index in [-0.39, 0.29) is 30.2 Å². The lowest BCUT2D eigenvalue weighted by Gasteiger charge is -2.29. The molecule has 3 heterocycles. The number of nitrogens with zero attached hydrogens (tertiary/aromatic N) is 3. The maximum Gasteiger partial charge on any atom is 0.292 e. The Morgan fingerprint density at radius 2 is 2.17 bits per heavy atom. The third-order valence-electron chi connectivity index (χ3n) is 5.10. The molecule has 7 nitrogen and oxygen atoms in total. The Balaban J connectivity index is 0.00000169. The molecule has 0 spiro atoms. The standard InChI is InChI=1S/C16H25N5O2.ClH/c22-15(18-12-5-6-12)14-19-16(23-20-14)13-4-2-8-21(13)10-11-3-1-7-17-9-11;/h11-13,17H,1-10H2,(H,18,22);1H. The zero-order valence-corrected chi connectivity index (χ0v) is 14.7. The smallest absolute Gasteiger partial charge is 0.292 e. The van der Waals surface area contributed by atoms with Crippen molar-refractivity contribution in [2.24, 2.45) is 5.92 Å². The summed E-state index contributed by atoms with van der Waals surface area (Å²) < 4.78 is 5.41. The Bertz CT molecular complexity index is 556. The van der Waals surface area contributed by atoms with Crippen LogP contribution in [0.5, 0.6) is 0 Å². The minimum Gasteiger partial charge on any atom is -0.346 e. The molecule has 0 radical (unpaired) electrons. The van der Waals surface area contributed by atoms with Crippen LogP contribution >= 0.6 is 12.4 Å². The fourth-order valence-electron chi connectivity index (χ4n) is 3.68. The summed E-state index contributed by atoms with van der Waals surface area (Å²) in [6.07, 6.45) is 6.84. The van der Waals surface area contributed by atoms with Gasteiger partial charge in [-0.25, -0.2) is 0 Å². The summed E-state index contributed by atoms with van der Waals surface area (Å²) in [7, 11) is 0. The normalized spacial score (nSPS) is 27.7. The molecule has 3 aliphatic rings. The number of likely N-dealkylation sites (tertiary alicyclic amines) is 1. The summed E-state index contributed by atoms with van der Waals surface area (Å²) in [6.45, 7) is 4.39. The lowest BCUT2D eigenvalue weighted by molar-refractivity contribution is 0.0937. The van der Waals surface area contributed by atoms with Crippen molar-refractivity contribution in [1.82, 2.24) is 25.7 Å². The van der Waals surface area contributed by atoms with Gasteiger partial charge in [-0.2, -0.15) is 4.98 Å². The van der Waals surface area contributed by atoms with Gasteiger partial charge in [0.05, 0.1) is 6.04 Å². The quantitative estimate of drug-likeness (QED) is 0.833. The maximum atomic E-state index is 12.0. The lowest BCUT2D eigenvalue weighted by atomic mass is 9.99. The van der Waals surface area contributed by atoms with Crippen LogP contribution in [0.15, 0.2) is 4.52 Å². The van der Waals surface area contributed by atoms with Crippen LogP contribution in [0.2, 0.25) is 0 Å². The second-order valence-corrected chi connectivity index (χ2v) is 7.07. The van der Waals surface area contributed by atoms with Crippen molar-refractivity contribution in [2.45, 2.75) is 50.6 Å². The van der Waals surface area contributed by atoms with Crippen LogP contribution in [0.25, 0.3) is 0 Å². The van der Waals surface area contributed by atoms with Crippen molar-refractivity contribution >= 4 is 18.3 Å². The van der Waals surface area contributed by atoms with E-state index in [1.165, 1.54) is 12.8 Å². The Kier molecular flexibility index (Phi) is 5.73. The first kappa shape index (κ1) is 17.6. The minimum absolute atomic E-state index is 0. The van der Waals surface area contributed by atoms with E-state index in [1.54, 1.807) is 0 Å². The minimum atomic E-state index is -0.205. The molecule has 2 aliphatic heterocycles. The van der Waals surface area contributed by atoms with Gasteiger partial charge in [0.1, 0.15) is 0 Å². The second-order valence-electron chi connectivity index (χ2n) is 7.07. The Morgan fingerprint density at radius 1 is 1.29 bits per heavy atom. The highest BCUT2D eigenvalue weighted by Gasteiger charge is 2.33. The number of halogens is 1. The molecule has 0 bridgehead atoms. The number of carbonyl (C=O) groups excluding carboxylic acids is 1. The van der Waals surface area contributed by atoms with Crippen LogP contribution in [0.1, 0.15) is 61.1 Å². The van der Waals surface area contributed by atoms with Crippen LogP contribution < -0.4 is 10.6 Å². The molecule has 4 rings (SSSR count). The molecule has 1 amide bonds. The maximum absolute atomic E-state index is 12.0. The molecular weight excluding hydrogens is 330 g/mol. The van der Waals surface area contributed by atoms with Crippen LogP contribution in [-0.4, -0.2) is 53.2 Å². The van der Waals surface area contributed by atoms with Crippen molar-refractivity contribution in [3.05, 3.63) is 11.7 Å². The molecule has 134 valence electrons. The second kappa shape index (κ2) is 7.80. The van der Waals surface area contributed by atoms with Gasteiger partial charge < -0.3 is 15.2 Å². The van der Waals surface area contributed by atoms with E-state index in [9.17, 15) is 4.79 Å². The van der Waals surface area contributed by atoms with Crippen molar-refractivity contribution in [1.29, 1.82) is 0 Å². The van der Waals surface area contributed by atoms with Crippen molar-refractivity contribution in [2.75, 3.05) is 26.2 Å². The van der Waals surface area contributed by atoms with Gasteiger partial charge in [-0.15, -0.1) is 12.4 Å². The monoisotopic (exact) mass is 355 g/mol. The van der Waals surface area contributed by atoms with Gasteiger partial charge in [-0.1, -0.05) is 5.16 Å².